The second-order valence-corrected chi connectivity index (χ2v) is 6.84. The summed E-state index contributed by atoms with van der Waals surface area (Å²) in [5, 5.41) is 11.4. The molecular formula is C19H14FNO5S. The molecule has 6 nitrogen and oxygen atoms in total. The summed E-state index contributed by atoms with van der Waals surface area (Å²) >= 11 is 1.19. The van der Waals surface area contributed by atoms with Crippen molar-refractivity contribution in [1.82, 2.24) is 0 Å². The van der Waals surface area contributed by atoms with Crippen molar-refractivity contribution in [3.8, 4) is 0 Å². The van der Waals surface area contributed by atoms with E-state index in [9.17, 15) is 24.1 Å². The molecule has 8 heteroatoms. The van der Waals surface area contributed by atoms with Gasteiger partial charge in [-0.25, -0.2) is 9.18 Å². The Morgan fingerprint density at radius 2 is 1.85 bits per heavy atom. The fourth-order valence-electron chi connectivity index (χ4n) is 2.49. The molecule has 0 aliphatic heterocycles. The Balaban J connectivity index is 1.53. The first-order valence-corrected chi connectivity index (χ1v) is 8.89. The van der Waals surface area contributed by atoms with Crippen molar-refractivity contribution in [2.75, 3.05) is 6.61 Å². The number of nitro groups is 1. The lowest BCUT2D eigenvalue weighted by molar-refractivity contribution is -0.384. The van der Waals surface area contributed by atoms with Gasteiger partial charge in [0.25, 0.3) is 5.69 Å². The zero-order valence-corrected chi connectivity index (χ0v) is 14.8. The number of thiophene rings is 1. The SMILES string of the molecule is O=C(CCCOC(=O)c1cc2cc([N+](=O)[O-])ccc2s1)c1ccc(F)cc1. The monoisotopic (exact) mass is 387 g/mol. The van der Waals surface area contributed by atoms with E-state index in [0.717, 1.165) is 4.70 Å². The standard InChI is InChI=1S/C19H14FNO5S/c20-14-5-3-12(4-6-14)16(22)2-1-9-26-19(23)18-11-13-10-15(21(24)25)7-8-17(13)27-18/h3-8,10-11H,1-2,9H2. The molecule has 3 rings (SSSR count). The summed E-state index contributed by atoms with van der Waals surface area (Å²) < 4.78 is 18.8. The average Bonchev–Trinajstić information content (AvgIpc) is 3.08. The van der Waals surface area contributed by atoms with Crippen molar-refractivity contribution >= 4 is 38.9 Å². The molecule has 0 unspecified atom stereocenters. The maximum absolute atomic E-state index is 12.8. The highest BCUT2D eigenvalue weighted by atomic mass is 32.1. The van der Waals surface area contributed by atoms with E-state index in [0.29, 0.717) is 22.2 Å². The van der Waals surface area contributed by atoms with Gasteiger partial charge >= 0.3 is 5.97 Å². The molecule has 2 aromatic carbocycles. The number of carbonyl (C=O) groups excluding carboxylic acids is 2. The van der Waals surface area contributed by atoms with Crippen LogP contribution in [0.5, 0.6) is 0 Å². The van der Waals surface area contributed by atoms with E-state index in [1.54, 1.807) is 12.1 Å². The van der Waals surface area contributed by atoms with Gasteiger partial charge in [-0.1, -0.05) is 0 Å². The minimum absolute atomic E-state index is 0.0421. The molecule has 0 atom stereocenters. The molecular weight excluding hydrogens is 373 g/mol. The van der Waals surface area contributed by atoms with Crippen molar-refractivity contribution in [1.29, 1.82) is 0 Å². The summed E-state index contributed by atoms with van der Waals surface area (Å²) in [7, 11) is 0. The number of Topliss-reactive ketones (excluding diaryl/α,β-unsaturated/α-hetero) is 1. The third-order valence-electron chi connectivity index (χ3n) is 3.86. The Hall–Kier alpha value is -3.13. The first-order valence-electron chi connectivity index (χ1n) is 8.08. The van der Waals surface area contributed by atoms with Crippen molar-refractivity contribution in [3.63, 3.8) is 0 Å². The summed E-state index contributed by atoms with van der Waals surface area (Å²) in [6.45, 7) is 0.0696. The molecule has 0 saturated heterocycles. The number of rotatable bonds is 7. The van der Waals surface area contributed by atoms with Gasteiger partial charge in [0.2, 0.25) is 0 Å². The van der Waals surface area contributed by atoms with Crippen molar-refractivity contribution in [3.05, 3.63) is 74.9 Å². The second-order valence-electron chi connectivity index (χ2n) is 5.76. The highest BCUT2D eigenvalue weighted by Crippen LogP contribution is 2.29. The van der Waals surface area contributed by atoms with Gasteiger partial charge in [-0.15, -0.1) is 11.3 Å². The lowest BCUT2D eigenvalue weighted by Gasteiger charge is -2.03. The second kappa shape index (κ2) is 8.05. The van der Waals surface area contributed by atoms with E-state index in [2.05, 4.69) is 0 Å². The summed E-state index contributed by atoms with van der Waals surface area (Å²) in [5.74, 6) is -1.09. The molecule has 1 aromatic heterocycles. The molecule has 27 heavy (non-hydrogen) atoms. The van der Waals surface area contributed by atoms with E-state index in [4.69, 9.17) is 4.74 Å². The molecule has 0 radical (unpaired) electrons. The predicted molar refractivity (Wildman–Crippen MR) is 98.7 cm³/mol. The highest BCUT2D eigenvalue weighted by Gasteiger charge is 2.14. The summed E-state index contributed by atoms with van der Waals surface area (Å²) in [4.78, 5) is 34.7. The smallest absolute Gasteiger partial charge is 0.348 e. The number of ketones is 1. The van der Waals surface area contributed by atoms with Crippen LogP contribution in [-0.4, -0.2) is 23.3 Å². The van der Waals surface area contributed by atoms with Crippen LogP contribution in [0.25, 0.3) is 10.1 Å². The Labute approximate surface area is 157 Å². The van der Waals surface area contributed by atoms with Gasteiger partial charge in [0, 0.05) is 34.2 Å². The molecule has 1 heterocycles. The van der Waals surface area contributed by atoms with Crippen LogP contribution in [0.15, 0.2) is 48.5 Å². The molecule has 0 saturated carbocycles. The Bertz CT molecular complexity index is 1010. The number of halogens is 1. The summed E-state index contributed by atoms with van der Waals surface area (Å²) in [5.41, 5.74) is 0.369. The molecule has 0 amide bonds. The van der Waals surface area contributed by atoms with E-state index in [-0.39, 0.29) is 24.5 Å². The van der Waals surface area contributed by atoms with Crippen LogP contribution in [0, 0.1) is 15.9 Å². The third-order valence-corrected chi connectivity index (χ3v) is 4.96. The fourth-order valence-corrected chi connectivity index (χ4v) is 3.43. The number of ether oxygens (including phenoxy) is 1. The summed E-state index contributed by atoms with van der Waals surface area (Å²) in [6, 6.07) is 11.2. The Kier molecular flexibility index (Phi) is 5.56. The quantitative estimate of drug-likeness (QED) is 0.192. The van der Waals surface area contributed by atoms with Crippen molar-refractivity contribution in [2.24, 2.45) is 0 Å². The number of benzene rings is 2. The lowest BCUT2D eigenvalue weighted by atomic mass is 10.1. The van der Waals surface area contributed by atoms with Gasteiger partial charge in [-0.05, 0) is 42.8 Å². The van der Waals surface area contributed by atoms with E-state index < -0.39 is 16.7 Å². The zero-order chi connectivity index (χ0) is 19.4. The van der Waals surface area contributed by atoms with Gasteiger partial charge < -0.3 is 4.74 Å². The average molecular weight is 387 g/mol. The zero-order valence-electron chi connectivity index (χ0n) is 14.0. The number of non-ortho nitro benzene ring substituents is 1. The highest BCUT2D eigenvalue weighted by molar-refractivity contribution is 7.20. The fraction of sp³-hybridized carbons (Fsp3) is 0.158. The van der Waals surface area contributed by atoms with E-state index >= 15 is 0 Å². The van der Waals surface area contributed by atoms with Gasteiger partial charge in [0.1, 0.15) is 10.7 Å². The number of nitro benzene ring substituents is 1. The molecule has 0 aliphatic carbocycles. The van der Waals surface area contributed by atoms with Crippen LogP contribution in [0.4, 0.5) is 10.1 Å². The number of hydrogen-bond acceptors (Lipinski definition) is 6. The number of carbonyl (C=O) groups is 2. The topological polar surface area (TPSA) is 86.5 Å². The minimum atomic E-state index is -0.534. The molecule has 0 bridgehead atoms. The number of hydrogen-bond donors (Lipinski definition) is 0. The molecule has 0 N–H and O–H groups in total. The van der Waals surface area contributed by atoms with Crippen molar-refractivity contribution < 1.29 is 23.6 Å². The van der Waals surface area contributed by atoms with Crippen molar-refractivity contribution in [2.45, 2.75) is 12.8 Å². The minimum Gasteiger partial charge on any atom is -0.461 e. The molecule has 0 aliphatic rings. The first-order chi connectivity index (χ1) is 12.9. The van der Waals surface area contributed by atoms with Gasteiger partial charge in [-0.3, -0.25) is 14.9 Å². The predicted octanol–water partition coefficient (Wildman–Crippen LogP) is 4.77. The first kappa shape index (κ1) is 18.7. The lowest BCUT2D eigenvalue weighted by Crippen LogP contribution is -2.07. The maximum atomic E-state index is 12.8. The summed E-state index contributed by atoms with van der Waals surface area (Å²) in [6.07, 6.45) is 0.524. The third kappa shape index (κ3) is 4.53. The van der Waals surface area contributed by atoms with Crippen LogP contribution in [0.3, 0.4) is 0 Å². The molecule has 138 valence electrons. The van der Waals surface area contributed by atoms with Crippen LogP contribution < -0.4 is 0 Å². The Morgan fingerprint density at radius 3 is 2.56 bits per heavy atom. The number of esters is 1. The van der Waals surface area contributed by atoms with Crippen LogP contribution in [0.1, 0.15) is 32.9 Å². The Morgan fingerprint density at radius 1 is 1.11 bits per heavy atom. The van der Waals surface area contributed by atoms with Gasteiger partial charge in [-0.2, -0.15) is 0 Å². The van der Waals surface area contributed by atoms with E-state index in [1.165, 1.54) is 47.7 Å². The normalized spacial score (nSPS) is 10.7. The molecule has 0 fully saturated rings. The number of fused-ring (bicyclic) bond motifs is 1. The van der Waals surface area contributed by atoms with Crippen LogP contribution in [-0.2, 0) is 4.74 Å². The van der Waals surface area contributed by atoms with Crippen LogP contribution >= 0.6 is 11.3 Å². The van der Waals surface area contributed by atoms with E-state index in [1.807, 2.05) is 0 Å². The van der Waals surface area contributed by atoms with Gasteiger partial charge in [0.05, 0.1) is 11.5 Å². The number of nitrogens with zero attached hydrogens (tertiary/aromatic N) is 1. The van der Waals surface area contributed by atoms with Gasteiger partial charge in [0.15, 0.2) is 5.78 Å². The largest absolute Gasteiger partial charge is 0.461 e. The molecule has 0 spiro atoms. The molecule has 3 aromatic rings. The maximum Gasteiger partial charge on any atom is 0.348 e. The van der Waals surface area contributed by atoms with Crippen LogP contribution in [0.2, 0.25) is 0 Å².